The van der Waals surface area contributed by atoms with E-state index in [0.29, 0.717) is 22.3 Å². The summed E-state index contributed by atoms with van der Waals surface area (Å²) in [5.74, 6) is -0.399. The molecule has 2 rings (SSSR count). The number of hydrogen-bond donors (Lipinski definition) is 0. The average molecular weight is 334 g/mol. The van der Waals surface area contributed by atoms with Crippen LogP contribution in [0.25, 0.3) is 0 Å². The average Bonchev–Trinajstić information content (AvgIpc) is 2.85. The van der Waals surface area contributed by atoms with Crippen molar-refractivity contribution in [3.8, 4) is 0 Å². The van der Waals surface area contributed by atoms with E-state index in [1.54, 1.807) is 31.5 Å². The molecule has 0 amide bonds. The Labute approximate surface area is 127 Å². The first-order valence-corrected chi connectivity index (χ1v) is 9.51. The number of carbonyl (C=O) groups is 1. The maximum absolute atomic E-state index is 12.4. The minimum atomic E-state index is -2.51. The number of ketones is 1. The zero-order valence-electron chi connectivity index (χ0n) is 11.1. The van der Waals surface area contributed by atoms with Gasteiger partial charge in [0.2, 0.25) is 0 Å². The van der Waals surface area contributed by atoms with Crippen LogP contribution in [0.5, 0.6) is 0 Å². The quantitative estimate of drug-likeness (QED) is 0.628. The minimum Gasteiger partial charge on any atom is -0.387 e. The molecule has 1 aromatic carbocycles. The second kappa shape index (κ2) is 5.88. The summed E-state index contributed by atoms with van der Waals surface area (Å²) in [4.78, 5) is 16.8. The van der Waals surface area contributed by atoms with E-state index in [2.05, 4.69) is 5.16 Å². The second-order valence-corrected chi connectivity index (χ2v) is 8.77. The summed E-state index contributed by atoms with van der Waals surface area (Å²) in [5.41, 5.74) is 0.932. The lowest BCUT2D eigenvalue weighted by atomic mass is 10.0. The van der Waals surface area contributed by atoms with Gasteiger partial charge in [0.25, 0.3) is 0 Å². The lowest BCUT2D eigenvalue weighted by Gasteiger charge is -2.18. The predicted molar refractivity (Wildman–Crippen MR) is 82.1 cm³/mol. The number of nitrogens with zero attached hydrogens (tertiary/aromatic N) is 1. The highest BCUT2D eigenvalue weighted by Gasteiger charge is 2.32. The third-order valence-corrected chi connectivity index (χ3v) is 5.17. The van der Waals surface area contributed by atoms with E-state index in [9.17, 15) is 9.36 Å². The molecule has 0 saturated heterocycles. The first kappa shape index (κ1) is 15.6. The molecule has 1 aromatic rings. The predicted octanol–water partition coefficient (Wildman–Crippen LogP) is 3.21. The molecule has 0 N–H and O–H groups in total. The summed E-state index contributed by atoms with van der Waals surface area (Å²) in [6.07, 6.45) is -0.198. The molecule has 1 aliphatic rings. The largest absolute Gasteiger partial charge is 0.387 e. The van der Waals surface area contributed by atoms with Crippen molar-refractivity contribution in [1.82, 2.24) is 0 Å². The van der Waals surface area contributed by atoms with Gasteiger partial charge in [-0.2, -0.15) is 0 Å². The van der Waals surface area contributed by atoms with Crippen molar-refractivity contribution >= 4 is 47.1 Å². The molecule has 0 saturated carbocycles. The van der Waals surface area contributed by atoms with Crippen LogP contribution >= 0.6 is 30.3 Å². The first-order valence-electron chi connectivity index (χ1n) is 6.00. The maximum atomic E-state index is 12.4. The van der Waals surface area contributed by atoms with Gasteiger partial charge < -0.3 is 9.40 Å². The monoisotopic (exact) mass is 333 g/mol. The van der Waals surface area contributed by atoms with Gasteiger partial charge in [-0.25, -0.2) is 0 Å². The van der Waals surface area contributed by atoms with Crippen LogP contribution in [0.1, 0.15) is 18.1 Å². The fourth-order valence-electron chi connectivity index (χ4n) is 2.09. The van der Waals surface area contributed by atoms with Crippen molar-refractivity contribution in [1.29, 1.82) is 0 Å². The Morgan fingerprint density at radius 3 is 2.80 bits per heavy atom. The van der Waals surface area contributed by atoms with E-state index in [4.69, 9.17) is 28.0 Å². The number of oxime groups is 1. The Morgan fingerprint density at radius 2 is 2.20 bits per heavy atom. The zero-order chi connectivity index (χ0) is 14.9. The summed E-state index contributed by atoms with van der Waals surface area (Å²) in [5, 5.41) is 4.88. The molecule has 1 atom stereocenters. The molecule has 20 heavy (non-hydrogen) atoms. The standard InChI is InChI=1S/C13H14Cl2NO3P/c1-20(2,18)12-5-3-4-8(15)13(12)11-6-9(16-19-11)10(17)7-14/h3-5,11H,6-7H2,1-2H3. The van der Waals surface area contributed by atoms with Gasteiger partial charge in [-0.05, 0) is 19.4 Å². The van der Waals surface area contributed by atoms with Crippen LogP contribution in [0, 0.1) is 0 Å². The van der Waals surface area contributed by atoms with Crippen molar-refractivity contribution in [3.05, 3.63) is 28.8 Å². The molecule has 0 bridgehead atoms. The number of halogens is 2. The Hall–Kier alpha value is -0.830. The zero-order valence-corrected chi connectivity index (χ0v) is 13.5. The number of alkyl halides is 1. The molecule has 0 aliphatic carbocycles. The number of hydrogen-bond acceptors (Lipinski definition) is 4. The normalized spacial score (nSPS) is 18.6. The van der Waals surface area contributed by atoms with Gasteiger partial charge in [-0.1, -0.05) is 28.9 Å². The molecule has 0 radical (unpaired) electrons. The minimum absolute atomic E-state index is 0.135. The maximum Gasteiger partial charge on any atom is 0.195 e. The molecule has 1 aliphatic heterocycles. The van der Waals surface area contributed by atoms with E-state index < -0.39 is 13.2 Å². The Bertz CT molecular complexity index is 624. The van der Waals surface area contributed by atoms with Crippen LogP contribution < -0.4 is 5.30 Å². The van der Waals surface area contributed by atoms with Gasteiger partial charge in [0, 0.05) is 22.3 Å². The Morgan fingerprint density at radius 1 is 1.50 bits per heavy atom. The fraction of sp³-hybridized carbons (Fsp3) is 0.385. The van der Waals surface area contributed by atoms with Gasteiger partial charge in [-0.3, -0.25) is 4.79 Å². The highest BCUT2D eigenvalue weighted by atomic mass is 35.5. The highest BCUT2D eigenvalue weighted by molar-refractivity contribution is 7.70. The first-order chi connectivity index (χ1) is 9.34. The Balaban J connectivity index is 2.37. The van der Waals surface area contributed by atoms with Crippen molar-refractivity contribution in [2.45, 2.75) is 12.5 Å². The van der Waals surface area contributed by atoms with E-state index >= 15 is 0 Å². The molecule has 7 heteroatoms. The Kier molecular flexibility index (Phi) is 4.58. The molecule has 1 unspecified atom stereocenters. The van der Waals surface area contributed by atoms with Crippen LogP contribution in [0.4, 0.5) is 0 Å². The van der Waals surface area contributed by atoms with Crippen molar-refractivity contribution in [2.75, 3.05) is 19.2 Å². The summed E-state index contributed by atoms with van der Waals surface area (Å²) >= 11 is 11.7. The van der Waals surface area contributed by atoms with Crippen LogP contribution in [0.2, 0.25) is 5.02 Å². The topological polar surface area (TPSA) is 55.7 Å². The van der Waals surface area contributed by atoms with E-state index in [1.807, 2.05) is 0 Å². The van der Waals surface area contributed by atoms with Gasteiger partial charge in [-0.15, -0.1) is 11.6 Å². The van der Waals surface area contributed by atoms with Gasteiger partial charge in [0.15, 0.2) is 11.9 Å². The lowest BCUT2D eigenvalue weighted by Crippen LogP contribution is -2.18. The third kappa shape index (κ3) is 3.08. The number of rotatable bonds is 4. The second-order valence-electron chi connectivity index (χ2n) is 4.92. The van der Waals surface area contributed by atoms with E-state index in [0.717, 1.165) is 0 Å². The molecular weight excluding hydrogens is 320 g/mol. The van der Waals surface area contributed by atoms with Crippen LogP contribution in [-0.4, -0.2) is 30.7 Å². The van der Waals surface area contributed by atoms with Crippen molar-refractivity contribution < 1.29 is 14.2 Å². The molecule has 0 aromatic heterocycles. The number of benzene rings is 1. The molecule has 4 nitrogen and oxygen atoms in total. The molecular formula is C13H14Cl2NO3P. The summed E-state index contributed by atoms with van der Waals surface area (Å²) in [6, 6.07) is 5.23. The van der Waals surface area contributed by atoms with Crippen molar-refractivity contribution in [2.24, 2.45) is 5.16 Å². The highest BCUT2D eigenvalue weighted by Crippen LogP contribution is 2.42. The van der Waals surface area contributed by atoms with Gasteiger partial charge >= 0.3 is 0 Å². The molecule has 108 valence electrons. The van der Waals surface area contributed by atoms with Crippen LogP contribution in [-0.2, 0) is 14.2 Å². The van der Waals surface area contributed by atoms with E-state index in [-0.39, 0.29) is 17.4 Å². The van der Waals surface area contributed by atoms with Crippen LogP contribution in [0.3, 0.4) is 0 Å². The summed E-state index contributed by atoms with van der Waals surface area (Å²) < 4.78 is 12.4. The summed E-state index contributed by atoms with van der Waals surface area (Å²) in [7, 11) is -2.51. The molecule has 0 fully saturated rings. The van der Waals surface area contributed by atoms with Crippen molar-refractivity contribution in [3.63, 3.8) is 0 Å². The summed E-state index contributed by atoms with van der Waals surface area (Å²) in [6.45, 7) is 3.34. The van der Waals surface area contributed by atoms with Crippen LogP contribution in [0.15, 0.2) is 23.4 Å². The smallest absolute Gasteiger partial charge is 0.195 e. The van der Waals surface area contributed by atoms with Gasteiger partial charge in [0.1, 0.15) is 12.9 Å². The molecule has 1 heterocycles. The number of Topliss-reactive ketones (excluding diaryl/α,β-unsaturated/α-hetero) is 1. The molecule has 0 spiro atoms. The fourth-order valence-corrected chi connectivity index (χ4v) is 3.89. The van der Waals surface area contributed by atoms with Gasteiger partial charge in [0.05, 0.1) is 5.88 Å². The van der Waals surface area contributed by atoms with E-state index in [1.165, 1.54) is 0 Å². The number of carbonyl (C=O) groups excluding carboxylic acids is 1. The third-order valence-electron chi connectivity index (χ3n) is 3.04. The lowest BCUT2D eigenvalue weighted by molar-refractivity contribution is -0.110. The SMILES string of the molecule is CP(C)(=O)c1cccc(Cl)c1C1CC(C(=O)CCl)=NO1.